The second-order valence-corrected chi connectivity index (χ2v) is 8.84. The largest absolute Gasteiger partial charge is 0.374 e. The third-order valence-electron chi connectivity index (χ3n) is 4.85. The van der Waals surface area contributed by atoms with E-state index < -0.39 is 0 Å². The van der Waals surface area contributed by atoms with Crippen LogP contribution < -0.4 is 0 Å². The fraction of sp³-hybridized carbons (Fsp3) is 0.571. The molecule has 0 aliphatic rings. The van der Waals surface area contributed by atoms with Crippen molar-refractivity contribution in [3.8, 4) is 0 Å². The van der Waals surface area contributed by atoms with Gasteiger partial charge >= 0.3 is 0 Å². The Morgan fingerprint density at radius 2 is 1.48 bits per heavy atom. The molecule has 0 aliphatic heterocycles. The van der Waals surface area contributed by atoms with Crippen molar-refractivity contribution in [3.63, 3.8) is 0 Å². The molecule has 1 heteroatoms. The Balaban J connectivity index is 6.06. The average Bonchev–Trinajstić information content (AvgIpc) is 2.63. The molecule has 0 amide bonds. The molecule has 0 aromatic heterocycles. The van der Waals surface area contributed by atoms with Gasteiger partial charge < -0.3 is 4.90 Å². The van der Waals surface area contributed by atoms with Crippen molar-refractivity contribution >= 4 is 0 Å². The molecule has 0 aliphatic carbocycles. The molecule has 0 atom stereocenters. The van der Waals surface area contributed by atoms with E-state index in [-0.39, 0.29) is 0 Å². The van der Waals surface area contributed by atoms with Gasteiger partial charge in [-0.05, 0) is 64.9 Å². The minimum absolute atomic E-state index is 0.581. The maximum Gasteiger partial charge on any atom is 0.0209 e. The van der Waals surface area contributed by atoms with Crippen LogP contribution in [0.3, 0.4) is 0 Å². The van der Waals surface area contributed by atoms with Gasteiger partial charge in [0.2, 0.25) is 0 Å². The summed E-state index contributed by atoms with van der Waals surface area (Å²) in [6.45, 7) is 28.3. The van der Waals surface area contributed by atoms with Crippen LogP contribution in [0.15, 0.2) is 71.0 Å². The Labute approximate surface area is 182 Å². The Bertz CT molecular complexity index is 631. The molecule has 0 saturated carbocycles. The van der Waals surface area contributed by atoms with Crippen molar-refractivity contribution in [3.05, 3.63) is 71.0 Å². The molecule has 0 bridgehead atoms. The normalized spacial score (nSPS) is 13.8. The van der Waals surface area contributed by atoms with Gasteiger partial charge in [0.05, 0.1) is 0 Å². The maximum absolute atomic E-state index is 4.35. The topological polar surface area (TPSA) is 3.24 Å². The zero-order valence-corrected chi connectivity index (χ0v) is 20.7. The lowest BCUT2D eigenvalue weighted by Crippen LogP contribution is -2.26. The van der Waals surface area contributed by atoms with Gasteiger partial charge in [-0.3, -0.25) is 0 Å². The van der Waals surface area contributed by atoms with Crippen molar-refractivity contribution in [2.24, 2.45) is 5.92 Å². The van der Waals surface area contributed by atoms with Crippen molar-refractivity contribution in [2.45, 2.75) is 87.5 Å². The number of rotatable bonds is 14. The second kappa shape index (κ2) is 15.1. The molecule has 0 fully saturated rings. The predicted octanol–water partition coefficient (Wildman–Crippen LogP) is 8.79. The van der Waals surface area contributed by atoms with Gasteiger partial charge in [0, 0.05) is 25.2 Å². The summed E-state index contributed by atoms with van der Waals surface area (Å²) in [6.07, 6.45) is 14.4. The molecule has 164 valence electrons. The van der Waals surface area contributed by atoms with Crippen LogP contribution in [0.2, 0.25) is 0 Å². The molecular formula is C28H47N. The molecule has 29 heavy (non-hydrogen) atoms. The van der Waals surface area contributed by atoms with Gasteiger partial charge in [0.1, 0.15) is 0 Å². The molecular weight excluding hydrogens is 350 g/mol. The molecule has 0 heterocycles. The molecule has 0 unspecified atom stereocenters. The summed E-state index contributed by atoms with van der Waals surface area (Å²) in [5.74, 6) is 0.581. The number of allylic oxidation sites excluding steroid dienone is 9. The standard InChI is InChI=1S/C28H47N/c1-11-19-29(20-12-2)28(18-17-25(9)15-13-22(3)4)27(24(7)8)21-26(10)16-14-23(5)6/h13,15-17,22H,5,7,11-12,14,18-21H2,1-4,6,8-10H3/b15-13-,25-17-,26-16+,28-27+. The summed E-state index contributed by atoms with van der Waals surface area (Å²) >= 11 is 0. The quantitative estimate of drug-likeness (QED) is 0.209. The Hall–Kier alpha value is -1.76. The van der Waals surface area contributed by atoms with Gasteiger partial charge in [-0.25, -0.2) is 0 Å². The smallest absolute Gasteiger partial charge is 0.0209 e. The van der Waals surface area contributed by atoms with Crippen LogP contribution in [0.5, 0.6) is 0 Å². The van der Waals surface area contributed by atoms with E-state index in [9.17, 15) is 0 Å². The Morgan fingerprint density at radius 3 is 1.93 bits per heavy atom. The van der Waals surface area contributed by atoms with E-state index in [0.29, 0.717) is 5.92 Å². The monoisotopic (exact) mass is 397 g/mol. The van der Waals surface area contributed by atoms with Crippen molar-refractivity contribution < 1.29 is 0 Å². The average molecular weight is 398 g/mol. The van der Waals surface area contributed by atoms with E-state index in [1.165, 1.54) is 33.6 Å². The number of hydrogen-bond donors (Lipinski definition) is 0. The van der Waals surface area contributed by atoms with Gasteiger partial charge in [-0.1, -0.05) is 87.4 Å². The van der Waals surface area contributed by atoms with Crippen LogP contribution >= 0.6 is 0 Å². The summed E-state index contributed by atoms with van der Waals surface area (Å²) in [4.78, 5) is 2.59. The summed E-state index contributed by atoms with van der Waals surface area (Å²) in [5.41, 5.74) is 7.97. The van der Waals surface area contributed by atoms with Gasteiger partial charge in [-0.2, -0.15) is 0 Å². The van der Waals surface area contributed by atoms with E-state index in [4.69, 9.17) is 0 Å². The van der Waals surface area contributed by atoms with Gasteiger partial charge in [-0.15, -0.1) is 0 Å². The summed E-state index contributed by atoms with van der Waals surface area (Å²) in [5, 5.41) is 0. The zero-order valence-electron chi connectivity index (χ0n) is 20.7. The van der Waals surface area contributed by atoms with E-state index >= 15 is 0 Å². The first kappa shape index (κ1) is 27.2. The molecule has 0 aromatic rings. The third-order valence-corrected chi connectivity index (χ3v) is 4.85. The minimum atomic E-state index is 0.581. The van der Waals surface area contributed by atoms with Crippen LogP contribution in [-0.4, -0.2) is 18.0 Å². The van der Waals surface area contributed by atoms with Crippen LogP contribution in [0.1, 0.15) is 87.5 Å². The molecule has 0 spiro atoms. The number of hydrogen-bond acceptors (Lipinski definition) is 1. The third kappa shape index (κ3) is 12.4. The summed E-state index contributed by atoms with van der Waals surface area (Å²) in [7, 11) is 0. The lowest BCUT2D eigenvalue weighted by atomic mass is 9.95. The maximum atomic E-state index is 4.35. The first-order chi connectivity index (χ1) is 13.6. The van der Waals surface area contributed by atoms with Crippen molar-refractivity contribution in [1.29, 1.82) is 0 Å². The van der Waals surface area contributed by atoms with Gasteiger partial charge in [0.15, 0.2) is 0 Å². The van der Waals surface area contributed by atoms with Crippen LogP contribution in [0, 0.1) is 5.92 Å². The summed E-state index contributed by atoms with van der Waals surface area (Å²) < 4.78 is 0. The molecule has 0 radical (unpaired) electrons. The fourth-order valence-electron chi connectivity index (χ4n) is 3.23. The molecule has 1 nitrogen and oxygen atoms in total. The summed E-state index contributed by atoms with van der Waals surface area (Å²) in [6, 6.07) is 0. The van der Waals surface area contributed by atoms with Crippen LogP contribution in [0.4, 0.5) is 0 Å². The highest BCUT2D eigenvalue weighted by Gasteiger charge is 2.14. The fourth-order valence-corrected chi connectivity index (χ4v) is 3.23. The molecule has 0 N–H and O–H groups in total. The highest BCUT2D eigenvalue weighted by molar-refractivity contribution is 5.37. The van der Waals surface area contributed by atoms with Crippen LogP contribution in [0.25, 0.3) is 0 Å². The van der Waals surface area contributed by atoms with Crippen molar-refractivity contribution in [1.82, 2.24) is 4.90 Å². The van der Waals surface area contributed by atoms with E-state index in [2.05, 4.69) is 97.8 Å². The minimum Gasteiger partial charge on any atom is -0.374 e. The Morgan fingerprint density at radius 1 is 0.897 bits per heavy atom. The van der Waals surface area contributed by atoms with E-state index in [1.807, 2.05) is 0 Å². The second-order valence-electron chi connectivity index (χ2n) is 8.84. The van der Waals surface area contributed by atoms with E-state index in [1.54, 1.807) is 0 Å². The van der Waals surface area contributed by atoms with Gasteiger partial charge in [0.25, 0.3) is 0 Å². The molecule has 0 saturated heterocycles. The predicted molar refractivity (Wildman–Crippen MR) is 134 cm³/mol. The molecule has 0 rings (SSSR count). The highest BCUT2D eigenvalue weighted by atomic mass is 15.1. The highest BCUT2D eigenvalue weighted by Crippen LogP contribution is 2.28. The lowest BCUT2D eigenvalue weighted by molar-refractivity contribution is 0.335. The number of nitrogens with zero attached hydrogens (tertiary/aromatic N) is 1. The van der Waals surface area contributed by atoms with E-state index in [0.717, 1.165) is 45.2 Å². The molecule has 0 aromatic carbocycles. The first-order valence-electron chi connectivity index (χ1n) is 11.4. The zero-order chi connectivity index (χ0) is 22.4. The SMILES string of the molecule is C=C(C)C/C=C(\C)C/C(C(=C)C)=C(/C/C=C(C)\C=C/C(C)C)N(CCC)CCC. The lowest BCUT2D eigenvalue weighted by Gasteiger charge is -2.30. The van der Waals surface area contributed by atoms with Crippen LogP contribution in [-0.2, 0) is 0 Å². The van der Waals surface area contributed by atoms with Crippen molar-refractivity contribution in [2.75, 3.05) is 13.1 Å². The first-order valence-corrected chi connectivity index (χ1v) is 11.4. The Kier molecular flexibility index (Phi) is 14.2.